The highest BCUT2D eigenvalue weighted by Crippen LogP contribution is 1.99. The van der Waals surface area contributed by atoms with Gasteiger partial charge < -0.3 is 4.90 Å². The zero-order valence-corrected chi connectivity index (χ0v) is 7.37. The predicted octanol–water partition coefficient (Wildman–Crippen LogP) is 1.94. The third-order valence-electron chi connectivity index (χ3n) is 1.30. The number of nitrogens with zero attached hydrogens (tertiary/aromatic N) is 1. The second-order valence-electron chi connectivity index (χ2n) is 2.60. The topological polar surface area (TPSA) is 20.3 Å². The fourth-order valence-corrected chi connectivity index (χ4v) is 0.794. The Labute approximate surface area is 68.2 Å². The van der Waals surface area contributed by atoms with Gasteiger partial charge in [-0.1, -0.05) is 12.7 Å². The lowest BCUT2D eigenvalue weighted by molar-refractivity contribution is -0.127. The van der Waals surface area contributed by atoms with E-state index in [1.807, 2.05) is 13.8 Å². The first-order chi connectivity index (χ1) is 5.09. The Kier molecular flexibility index (Phi) is 4.27. The zero-order valence-electron chi connectivity index (χ0n) is 7.37. The standard InChI is InChI=1S/C9H15NO/c1-5-6-7-10(8(2)3)9(4)11/h5-8H,1H2,2-4H3. The molecule has 0 radical (unpaired) electrons. The summed E-state index contributed by atoms with van der Waals surface area (Å²) < 4.78 is 0. The minimum Gasteiger partial charge on any atom is -0.317 e. The van der Waals surface area contributed by atoms with Crippen LogP contribution < -0.4 is 0 Å². The van der Waals surface area contributed by atoms with Crippen LogP contribution in [0.4, 0.5) is 0 Å². The third-order valence-corrected chi connectivity index (χ3v) is 1.30. The lowest BCUT2D eigenvalue weighted by Crippen LogP contribution is -2.29. The average molecular weight is 153 g/mol. The van der Waals surface area contributed by atoms with Crippen LogP contribution in [0.3, 0.4) is 0 Å². The van der Waals surface area contributed by atoms with Crippen molar-refractivity contribution in [3.63, 3.8) is 0 Å². The van der Waals surface area contributed by atoms with Crippen molar-refractivity contribution in [3.05, 3.63) is 24.9 Å². The molecular formula is C9H15NO. The smallest absolute Gasteiger partial charge is 0.223 e. The second-order valence-corrected chi connectivity index (χ2v) is 2.60. The van der Waals surface area contributed by atoms with E-state index in [0.717, 1.165) is 0 Å². The summed E-state index contributed by atoms with van der Waals surface area (Å²) in [6, 6.07) is 0.212. The molecule has 0 spiro atoms. The molecule has 0 saturated heterocycles. The van der Waals surface area contributed by atoms with Crippen LogP contribution in [0, 0.1) is 0 Å². The summed E-state index contributed by atoms with van der Waals surface area (Å²) in [7, 11) is 0. The maximum atomic E-state index is 10.9. The molecule has 0 atom stereocenters. The Morgan fingerprint density at radius 3 is 2.36 bits per heavy atom. The fourth-order valence-electron chi connectivity index (χ4n) is 0.794. The molecule has 0 aromatic carbocycles. The molecule has 11 heavy (non-hydrogen) atoms. The molecule has 0 unspecified atom stereocenters. The molecule has 0 aliphatic rings. The summed E-state index contributed by atoms with van der Waals surface area (Å²) in [5.74, 6) is 0.0538. The number of rotatable bonds is 3. The molecule has 0 fully saturated rings. The number of amides is 1. The van der Waals surface area contributed by atoms with Crippen molar-refractivity contribution in [2.75, 3.05) is 0 Å². The summed E-state index contributed by atoms with van der Waals surface area (Å²) in [5.41, 5.74) is 0. The Morgan fingerprint density at radius 2 is 2.09 bits per heavy atom. The van der Waals surface area contributed by atoms with Crippen molar-refractivity contribution in [3.8, 4) is 0 Å². The minimum absolute atomic E-state index is 0.0538. The van der Waals surface area contributed by atoms with Crippen LogP contribution in [-0.4, -0.2) is 16.8 Å². The Morgan fingerprint density at radius 1 is 1.55 bits per heavy atom. The van der Waals surface area contributed by atoms with Gasteiger partial charge in [0.15, 0.2) is 0 Å². The van der Waals surface area contributed by atoms with Crippen LogP contribution in [0.2, 0.25) is 0 Å². The molecule has 0 rings (SSSR count). The number of carbonyl (C=O) groups is 1. The quantitative estimate of drug-likeness (QED) is 0.567. The van der Waals surface area contributed by atoms with Gasteiger partial charge >= 0.3 is 0 Å². The maximum Gasteiger partial charge on any atom is 0.223 e. The monoisotopic (exact) mass is 153 g/mol. The van der Waals surface area contributed by atoms with Crippen LogP contribution in [0.5, 0.6) is 0 Å². The fraction of sp³-hybridized carbons (Fsp3) is 0.444. The van der Waals surface area contributed by atoms with Gasteiger partial charge in [0.25, 0.3) is 0 Å². The molecular weight excluding hydrogens is 138 g/mol. The van der Waals surface area contributed by atoms with Crippen molar-refractivity contribution < 1.29 is 4.79 Å². The molecule has 0 N–H and O–H groups in total. The summed E-state index contributed by atoms with van der Waals surface area (Å²) in [4.78, 5) is 12.6. The molecule has 2 nitrogen and oxygen atoms in total. The molecule has 0 heterocycles. The largest absolute Gasteiger partial charge is 0.317 e. The predicted molar refractivity (Wildman–Crippen MR) is 47.0 cm³/mol. The average Bonchev–Trinajstić information content (AvgIpc) is 1.87. The number of allylic oxidation sites excluding steroid dienone is 2. The summed E-state index contributed by atoms with van der Waals surface area (Å²) >= 11 is 0. The van der Waals surface area contributed by atoms with Gasteiger partial charge in [-0.25, -0.2) is 0 Å². The van der Waals surface area contributed by atoms with Crippen LogP contribution in [0.25, 0.3) is 0 Å². The molecule has 0 aliphatic carbocycles. The number of hydrogen-bond acceptors (Lipinski definition) is 1. The van der Waals surface area contributed by atoms with E-state index in [1.54, 1.807) is 30.2 Å². The first-order valence-electron chi connectivity index (χ1n) is 3.67. The van der Waals surface area contributed by atoms with Gasteiger partial charge in [-0.15, -0.1) is 0 Å². The SMILES string of the molecule is C=CC=CN(C(C)=O)C(C)C. The second kappa shape index (κ2) is 4.72. The first kappa shape index (κ1) is 9.95. The van der Waals surface area contributed by atoms with Gasteiger partial charge in [-0.3, -0.25) is 4.79 Å². The van der Waals surface area contributed by atoms with Gasteiger partial charge in [0.2, 0.25) is 5.91 Å². The highest BCUT2D eigenvalue weighted by Gasteiger charge is 2.07. The van der Waals surface area contributed by atoms with Crippen molar-refractivity contribution in [1.82, 2.24) is 4.90 Å². The normalized spacial score (nSPS) is 10.5. The van der Waals surface area contributed by atoms with Crippen LogP contribution >= 0.6 is 0 Å². The van der Waals surface area contributed by atoms with Crippen LogP contribution in [-0.2, 0) is 4.79 Å². The molecule has 0 aromatic rings. The van der Waals surface area contributed by atoms with Crippen molar-refractivity contribution in [2.45, 2.75) is 26.8 Å². The van der Waals surface area contributed by atoms with Crippen LogP contribution in [0.15, 0.2) is 24.9 Å². The molecule has 1 amide bonds. The van der Waals surface area contributed by atoms with Crippen LogP contribution in [0.1, 0.15) is 20.8 Å². The Bertz CT molecular complexity index is 170. The summed E-state index contributed by atoms with van der Waals surface area (Å²) in [5, 5.41) is 0. The highest BCUT2D eigenvalue weighted by atomic mass is 16.2. The van der Waals surface area contributed by atoms with Gasteiger partial charge in [0.1, 0.15) is 0 Å². The van der Waals surface area contributed by atoms with Crippen molar-refractivity contribution >= 4 is 5.91 Å². The van der Waals surface area contributed by atoms with Gasteiger partial charge in [-0.05, 0) is 19.9 Å². The first-order valence-corrected chi connectivity index (χ1v) is 3.67. The number of carbonyl (C=O) groups excluding carboxylic acids is 1. The van der Waals surface area contributed by atoms with E-state index in [2.05, 4.69) is 6.58 Å². The maximum absolute atomic E-state index is 10.9. The molecule has 0 aromatic heterocycles. The van der Waals surface area contributed by atoms with Crippen molar-refractivity contribution in [1.29, 1.82) is 0 Å². The molecule has 62 valence electrons. The number of hydrogen-bond donors (Lipinski definition) is 0. The van der Waals surface area contributed by atoms with E-state index in [4.69, 9.17) is 0 Å². The summed E-state index contributed by atoms with van der Waals surface area (Å²) in [6.45, 7) is 9.01. The molecule has 0 bridgehead atoms. The highest BCUT2D eigenvalue weighted by molar-refractivity contribution is 5.74. The van der Waals surface area contributed by atoms with Gasteiger partial charge in [0.05, 0.1) is 0 Å². The lowest BCUT2D eigenvalue weighted by atomic mass is 10.3. The van der Waals surface area contributed by atoms with E-state index in [1.165, 1.54) is 0 Å². The molecule has 0 saturated carbocycles. The van der Waals surface area contributed by atoms with Gasteiger partial charge in [-0.2, -0.15) is 0 Å². The summed E-state index contributed by atoms with van der Waals surface area (Å²) in [6.07, 6.45) is 5.14. The Balaban J connectivity index is 4.22. The van der Waals surface area contributed by atoms with E-state index >= 15 is 0 Å². The van der Waals surface area contributed by atoms with Crippen molar-refractivity contribution in [2.24, 2.45) is 0 Å². The van der Waals surface area contributed by atoms with Gasteiger partial charge in [0, 0.05) is 19.2 Å². The van der Waals surface area contributed by atoms with E-state index < -0.39 is 0 Å². The molecule has 2 heteroatoms. The van der Waals surface area contributed by atoms with E-state index in [9.17, 15) is 4.79 Å². The molecule has 0 aliphatic heterocycles. The van der Waals surface area contributed by atoms with E-state index in [0.29, 0.717) is 0 Å². The van der Waals surface area contributed by atoms with E-state index in [-0.39, 0.29) is 11.9 Å². The lowest BCUT2D eigenvalue weighted by Gasteiger charge is -2.20. The third kappa shape index (κ3) is 3.61. The Hall–Kier alpha value is -1.05. The zero-order chi connectivity index (χ0) is 8.85. The minimum atomic E-state index is 0.0538.